The van der Waals surface area contributed by atoms with Crippen molar-refractivity contribution in [2.75, 3.05) is 39.5 Å². The molecule has 2 heterocycles. The Morgan fingerprint density at radius 2 is 1.87 bits per heavy atom. The monoisotopic (exact) mass is 537 g/mol. The molecule has 0 atom stereocenters. The zero-order valence-corrected chi connectivity index (χ0v) is 20.4. The third kappa shape index (κ3) is 6.26. The Kier molecular flexibility index (Phi) is 8.97. The average Bonchev–Trinajstić information content (AvgIpc) is 3.14. The molecule has 10 nitrogen and oxygen atoms in total. The second kappa shape index (κ2) is 11.4. The maximum Gasteiger partial charge on any atom is 0.253 e. The number of hydrogen-bond acceptors (Lipinski definition) is 6. The molecule has 31 heavy (non-hydrogen) atoms. The molecule has 2 aromatic heterocycles. The predicted molar refractivity (Wildman–Crippen MR) is 133 cm³/mol. The lowest BCUT2D eigenvalue weighted by molar-refractivity contribution is 0.0827. The van der Waals surface area contributed by atoms with Crippen LogP contribution in [0.5, 0.6) is 0 Å². The molecule has 0 saturated carbocycles. The first-order valence-corrected chi connectivity index (χ1v) is 9.61. The van der Waals surface area contributed by atoms with Gasteiger partial charge in [-0.1, -0.05) is 12.1 Å². The predicted octanol–water partition coefficient (Wildman–Crippen LogP) is 1.46. The number of aromatic nitrogens is 4. The van der Waals surface area contributed by atoms with Crippen LogP contribution < -0.4 is 16.0 Å². The number of fused-ring (bicyclic) bond motifs is 1. The van der Waals surface area contributed by atoms with Gasteiger partial charge in [0.1, 0.15) is 12.1 Å². The van der Waals surface area contributed by atoms with Crippen molar-refractivity contribution >= 4 is 52.7 Å². The number of carbonyl (C=O) groups is 1. The van der Waals surface area contributed by atoms with E-state index in [2.05, 4.69) is 36.0 Å². The first-order chi connectivity index (χ1) is 14.5. The topological polar surface area (TPSA) is 112 Å². The second-order valence-corrected chi connectivity index (χ2v) is 6.90. The Hall–Kier alpha value is -2.96. The number of nitrogens with zero attached hydrogens (tertiary/aromatic N) is 6. The molecular weight excluding hydrogens is 509 g/mol. The molecule has 1 aromatic carbocycles. The van der Waals surface area contributed by atoms with E-state index in [0.717, 1.165) is 22.4 Å². The second-order valence-electron chi connectivity index (χ2n) is 6.90. The number of aryl methyl sites for hydroxylation is 1. The van der Waals surface area contributed by atoms with Crippen molar-refractivity contribution in [3.05, 3.63) is 47.9 Å². The molecule has 0 aliphatic heterocycles. The van der Waals surface area contributed by atoms with Crippen molar-refractivity contribution in [1.82, 2.24) is 35.3 Å². The Morgan fingerprint density at radius 3 is 2.55 bits per heavy atom. The summed E-state index contributed by atoms with van der Waals surface area (Å²) in [4.78, 5) is 26.3. The van der Waals surface area contributed by atoms with Crippen molar-refractivity contribution < 1.29 is 4.79 Å². The summed E-state index contributed by atoms with van der Waals surface area (Å²) in [6.07, 6.45) is 3.28. The van der Waals surface area contributed by atoms with Crippen LogP contribution >= 0.6 is 24.0 Å². The largest absolute Gasteiger partial charge is 0.368 e. The van der Waals surface area contributed by atoms with Crippen LogP contribution in [0.4, 0.5) is 5.82 Å². The van der Waals surface area contributed by atoms with Gasteiger partial charge in [-0.15, -0.1) is 24.0 Å². The number of anilines is 1. The summed E-state index contributed by atoms with van der Waals surface area (Å²) >= 11 is 0. The molecule has 0 aliphatic carbocycles. The van der Waals surface area contributed by atoms with Crippen LogP contribution in [0.2, 0.25) is 0 Å². The fraction of sp³-hybridized carbons (Fsp3) is 0.350. The maximum atomic E-state index is 12.0. The summed E-state index contributed by atoms with van der Waals surface area (Å²) < 4.78 is 1.72. The summed E-state index contributed by atoms with van der Waals surface area (Å²) in [5.74, 6) is 1.44. The molecule has 0 spiro atoms. The summed E-state index contributed by atoms with van der Waals surface area (Å²) in [5.41, 5.74) is 2.52. The zero-order chi connectivity index (χ0) is 21.5. The molecule has 0 fully saturated rings. The highest BCUT2D eigenvalue weighted by Gasteiger charge is 2.08. The number of amides is 1. The van der Waals surface area contributed by atoms with E-state index in [-0.39, 0.29) is 29.9 Å². The van der Waals surface area contributed by atoms with Crippen LogP contribution in [0.3, 0.4) is 0 Å². The van der Waals surface area contributed by atoms with E-state index in [0.29, 0.717) is 31.2 Å². The number of rotatable bonds is 7. The van der Waals surface area contributed by atoms with Crippen LogP contribution in [0.15, 0.2) is 41.8 Å². The van der Waals surface area contributed by atoms with E-state index < -0.39 is 0 Å². The molecule has 0 bridgehead atoms. The van der Waals surface area contributed by atoms with E-state index in [1.807, 2.05) is 31.3 Å². The molecule has 3 N–H and O–H groups in total. The van der Waals surface area contributed by atoms with Crippen molar-refractivity contribution in [2.24, 2.45) is 12.0 Å². The van der Waals surface area contributed by atoms with Gasteiger partial charge >= 0.3 is 0 Å². The lowest BCUT2D eigenvalue weighted by Crippen LogP contribution is -2.39. The van der Waals surface area contributed by atoms with Gasteiger partial charge in [0.15, 0.2) is 11.6 Å². The number of carbonyl (C=O) groups excluding carboxylic acids is 1. The molecule has 0 unspecified atom stereocenters. The van der Waals surface area contributed by atoms with E-state index in [9.17, 15) is 4.79 Å². The van der Waals surface area contributed by atoms with Crippen LogP contribution in [-0.4, -0.2) is 70.7 Å². The van der Waals surface area contributed by atoms with Gasteiger partial charge in [-0.2, -0.15) is 5.10 Å². The van der Waals surface area contributed by atoms with Crippen molar-refractivity contribution in [2.45, 2.75) is 6.54 Å². The van der Waals surface area contributed by atoms with E-state index in [1.165, 1.54) is 6.33 Å². The van der Waals surface area contributed by atoms with Gasteiger partial charge in [0.25, 0.3) is 5.91 Å². The summed E-state index contributed by atoms with van der Waals surface area (Å²) in [6.45, 7) is 1.91. The highest BCUT2D eigenvalue weighted by molar-refractivity contribution is 14.0. The van der Waals surface area contributed by atoms with Gasteiger partial charge in [-0.25, -0.2) is 9.97 Å². The highest BCUT2D eigenvalue weighted by atomic mass is 127. The summed E-state index contributed by atoms with van der Waals surface area (Å²) in [7, 11) is 7.06. The Labute approximate surface area is 198 Å². The lowest BCUT2D eigenvalue weighted by Gasteiger charge is -2.13. The van der Waals surface area contributed by atoms with Gasteiger partial charge in [0.05, 0.1) is 11.6 Å². The van der Waals surface area contributed by atoms with E-state index in [4.69, 9.17) is 0 Å². The number of hydrogen-bond donors (Lipinski definition) is 3. The number of benzene rings is 1. The van der Waals surface area contributed by atoms with Gasteiger partial charge < -0.3 is 20.9 Å². The Bertz CT molecular complexity index is 1030. The quantitative estimate of drug-likeness (QED) is 0.181. The van der Waals surface area contributed by atoms with Gasteiger partial charge in [0.2, 0.25) is 0 Å². The van der Waals surface area contributed by atoms with Crippen molar-refractivity contribution in [3.8, 4) is 0 Å². The fourth-order valence-electron chi connectivity index (χ4n) is 2.89. The SMILES string of the molecule is CN=C(NCCNc1ncnc2c1cnn2C)NCc1ccc(C(=O)N(C)C)cc1.I. The standard InChI is InChI=1S/C20H27N9O.HI/c1-21-20(24-11-14-5-7-15(8-6-14)19(30)28(2)3)23-10-9-22-17-16-12-27-29(4)18(16)26-13-25-17;/h5-8,12-13H,9-11H2,1-4H3,(H2,21,23,24)(H,22,25,26);1H. The third-order valence-corrected chi connectivity index (χ3v) is 4.53. The van der Waals surface area contributed by atoms with Crippen molar-refractivity contribution in [3.63, 3.8) is 0 Å². The lowest BCUT2D eigenvalue weighted by atomic mass is 10.1. The molecule has 1 amide bonds. The number of nitrogens with one attached hydrogen (secondary N) is 3. The minimum absolute atomic E-state index is 0. The molecule has 0 radical (unpaired) electrons. The van der Waals surface area contributed by atoms with Gasteiger partial charge in [0, 0.05) is 53.4 Å². The van der Waals surface area contributed by atoms with Crippen molar-refractivity contribution in [1.29, 1.82) is 0 Å². The normalized spacial score (nSPS) is 11.0. The maximum absolute atomic E-state index is 12.0. The fourth-order valence-corrected chi connectivity index (χ4v) is 2.89. The summed E-state index contributed by atoms with van der Waals surface area (Å²) in [5, 5.41) is 14.9. The van der Waals surface area contributed by atoms with Crippen LogP contribution in [0.25, 0.3) is 11.0 Å². The first-order valence-electron chi connectivity index (χ1n) is 9.61. The molecule has 3 rings (SSSR count). The molecular formula is C20H28IN9O. The number of halogens is 1. The van der Waals surface area contributed by atoms with Crippen LogP contribution in [0, 0.1) is 0 Å². The first kappa shape index (κ1) is 24.3. The Balaban J connectivity index is 0.00000341. The molecule has 166 valence electrons. The smallest absolute Gasteiger partial charge is 0.253 e. The Morgan fingerprint density at radius 1 is 1.13 bits per heavy atom. The van der Waals surface area contributed by atoms with E-state index in [1.54, 1.807) is 36.9 Å². The van der Waals surface area contributed by atoms with E-state index >= 15 is 0 Å². The average molecular weight is 537 g/mol. The number of aliphatic imine (C=N–C) groups is 1. The third-order valence-electron chi connectivity index (χ3n) is 4.53. The minimum atomic E-state index is -0.00766. The summed E-state index contributed by atoms with van der Waals surface area (Å²) in [6, 6.07) is 7.54. The highest BCUT2D eigenvalue weighted by Crippen LogP contribution is 2.17. The molecule has 3 aromatic rings. The molecule has 0 aliphatic rings. The van der Waals surface area contributed by atoms with Crippen LogP contribution in [0.1, 0.15) is 15.9 Å². The molecule has 0 saturated heterocycles. The van der Waals surface area contributed by atoms with Gasteiger partial charge in [-0.3, -0.25) is 14.5 Å². The molecule has 11 heteroatoms. The van der Waals surface area contributed by atoms with Gasteiger partial charge in [-0.05, 0) is 17.7 Å². The zero-order valence-electron chi connectivity index (χ0n) is 18.1. The van der Waals surface area contributed by atoms with Crippen LogP contribution in [-0.2, 0) is 13.6 Å². The number of guanidine groups is 1. The minimum Gasteiger partial charge on any atom is -0.368 e.